The highest BCUT2D eigenvalue weighted by Crippen LogP contribution is 2.48. The summed E-state index contributed by atoms with van der Waals surface area (Å²) in [6.45, 7) is 1.86. The number of hydrogen-bond acceptors (Lipinski definition) is 13. The molecule has 13 nitrogen and oxygen atoms in total. The predicted molar refractivity (Wildman–Crippen MR) is 145 cm³/mol. The molecule has 57 heavy (non-hydrogen) atoms. The van der Waals surface area contributed by atoms with Crippen LogP contribution in [0.3, 0.4) is 0 Å². The minimum absolute atomic E-state index is 0.393. The Balaban J connectivity index is 2.82. The van der Waals surface area contributed by atoms with Gasteiger partial charge in [0.05, 0.1) is 6.10 Å². The van der Waals surface area contributed by atoms with Crippen LogP contribution in [0.1, 0.15) is 34.1 Å². The van der Waals surface area contributed by atoms with E-state index in [4.69, 9.17) is 14.2 Å². The first-order chi connectivity index (χ1) is 25.4. The van der Waals surface area contributed by atoms with Gasteiger partial charge in [0.2, 0.25) is 0 Å². The minimum atomic E-state index is -6.22. The van der Waals surface area contributed by atoms with Crippen LogP contribution in [0.5, 0.6) is 0 Å². The topological polar surface area (TPSA) is 167 Å². The van der Waals surface area contributed by atoms with Gasteiger partial charge in [0.1, 0.15) is 12.7 Å². The van der Waals surface area contributed by atoms with Gasteiger partial charge in [-0.25, -0.2) is 24.0 Å². The fraction of sp³-hybridized carbons (Fsp3) is 0.655. The van der Waals surface area contributed by atoms with Crippen LogP contribution in [-0.4, -0.2) is 116 Å². The Bertz CT molecular complexity index is 1620. The van der Waals surface area contributed by atoms with E-state index >= 15 is 0 Å². The van der Waals surface area contributed by atoms with Crippen molar-refractivity contribution in [3.05, 3.63) is 23.8 Å². The van der Waals surface area contributed by atoms with Crippen LogP contribution < -0.4 is 0 Å². The van der Waals surface area contributed by atoms with E-state index in [2.05, 4.69) is 18.9 Å². The molecule has 0 bridgehead atoms. The summed E-state index contributed by atoms with van der Waals surface area (Å²) in [4.78, 5) is 71.1. The van der Waals surface area contributed by atoms with Crippen molar-refractivity contribution in [1.82, 2.24) is 0 Å². The third-order valence-electron chi connectivity index (χ3n) is 7.65. The molecular weight excluding hydrogens is 841 g/mol. The lowest BCUT2D eigenvalue weighted by Gasteiger charge is -2.47. The summed E-state index contributed by atoms with van der Waals surface area (Å²) in [5, 5.41) is 0. The number of alkyl halides is 15. The van der Waals surface area contributed by atoms with Crippen LogP contribution in [0.2, 0.25) is 0 Å². The first kappa shape index (κ1) is 48.5. The smallest absolute Gasteiger partial charge is 0.456 e. The average Bonchev–Trinajstić information content (AvgIpc) is 3.00. The number of rotatable bonds is 10. The van der Waals surface area contributed by atoms with E-state index in [9.17, 15) is 94.6 Å². The number of carbonyl (C=O) groups excluding carboxylic acids is 6. The minimum Gasteiger partial charge on any atom is -0.456 e. The van der Waals surface area contributed by atoms with Gasteiger partial charge in [0.15, 0.2) is 36.0 Å². The first-order valence-electron chi connectivity index (χ1n) is 15.0. The van der Waals surface area contributed by atoms with E-state index < -0.39 is 133 Å². The zero-order valence-corrected chi connectivity index (χ0v) is 28.6. The van der Waals surface area contributed by atoms with Crippen molar-refractivity contribution in [3.8, 4) is 0 Å². The van der Waals surface area contributed by atoms with Gasteiger partial charge in [-0.1, -0.05) is 19.9 Å². The molecule has 0 spiro atoms. The number of carbonyl (C=O) groups is 6. The molecular formula is C29H25F15O13. The molecule has 0 aromatic rings. The quantitative estimate of drug-likeness (QED) is 0.125. The second-order valence-electron chi connectivity index (χ2n) is 12.4. The predicted octanol–water partition coefficient (Wildman–Crippen LogP) is 4.99. The summed E-state index contributed by atoms with van der Waals surface area (Å²) in [5.74, 6) is -17.2. The standard InChI is InChI=1S/C29H25F15O13/c1-10-7-12(45)8-23(3,4)24(10,57-22(50)29(42,43)44)6-5-11(2)52-17-16(56-21(49)28(39,40)41)15(55-20(48)27(36,37)38)14(54-19(47)26(33,34)35)13(53-17)9-51-18(46)25(30,31)32/h5-7,11,13-17H,8-9H2,1-4H3/b6-5+/t11?,13-,14-,15+,16-,17-,24-/m1/s1. The van der Waals surface area contributed by atoms with Gasteiger partial charge in [0, 0.05) is 11.8 Å². The van der Waals surface area contributed by atoms with Crippen molar-refractivity contribution in [2.45, 2.75) is 107 Å². The lowest BCUT2D eigenvalue weighted by atomic mass is 9.64. The molecule has 2 aliphatic rings. The van der Waals surface area contributed by atoms with Gasteiger partial charge in [-0.3, -0.25) is 4.79 Å². The van der Waals surface area contributed by atoms with E-state index in [1.165, 1.54) is 0 Å². The fourth-order valence-electron chi connectivity index (χ4n) is 5.18. The van der Waals surface area contributed by atoms with Crippen LogP contribution in [0, 0.1) is 5.41 Å². The summed E-state index contributed by atoms with van der Waals surface area (Å²) >= 11 is 0. The molecule has 0 N–H and O–H groups in total. The van der Waals surface area contributed by atoms with E-state index in [1.807, 2.05) is 0 Å². The first-order valence-corrected chi connectivity index (χ1v) is 15.0. The number of ketones is 1. The van der Waals surface area contributed by atoms with Crippen molar-refractivity contribution < 1.29 is 128 Å². The van der Waals surface area contributed by atoms with E-state index in [0.29, 0.717) is 12.2 Å². The Kier molecular flexibility index (Phi) is 14.2. The molecule has 0 amide bonds. The van der Waals surface area contributed by atoms with Crippen molar-refractivity contribution in [3.63, 3.8) is 0 Å². The second kappa shape index (κ2) is 16.7. The molecule has 324 valence electrons. The molecule has 0 saturated carbocycles. The second-order valence-corrected chi connectivity index (χ2v) is 12.4. The van der Waals surface area contributed by atoms with Crippen molar-refractivity contribution in [1.29, 1.82) is 0 Å². The normalized spacial score (nSPS) is 26.5. The largest absolute Gasteiger partial charge is 0.490 e. The highest BCUT2D eigenvalue weighted by Gasteiger charge is 2.60. The lowest BCUT2D eigenvalue weighted by Crippen LogP contribution is -2.64. The third kappa shape index (κ3) is 12.2. The van der Waals surface area contributed by atoms with Gasteiger partial charge in [0.25, 0.3) is 0 Å². The maximum Gasteiger partial charge on any atom is 0.490 e. The Morgan fingerprint density at radius 3 is 1.56 bits per heavy atom. The lowest BCUT2D eigenvalue weighted by molar-refractivity contribution is -0.325. The number of ether oxygens (including phenoxy) is 7. The van der Waals surface area contributed by atoms with E-state index in [-0.39, 0.29) is 0 Å². The van der Waals surface area contributed by atoms with Crippen molar-refractivity contribution in [2.75, 3.05) is 6.61 Å². The number of halogens is 15. The number of hydrogen-bond donors (Lipinski definition) is 0. The maximum atomic E-state index is 13.3. The van der Waals surface area contributed by atoms with E-state index in [0.717, 1.165) is 33.8 Å². The fourth-order valence-corrected chi connectivity index (χ4v) is 5.18. The van der Waals surface area contributed by atoms with Crippen LogP contribution in [-0.2, 0) is 61.9 Å². The number of allylic oxidation sites excluding steroid dienone is 1. The zero-order valence-electron chi connectivity index (χ0n) is 28.6. The van der Waals surface area contributed by atoms with Crippen LogP contribution in [0.25, 0.3) is 0 Å². The van der Waals surface area contributed by atoms with Gasteiger partial charge in [-0.05, 0) is 31.6 Å². The SMILES string of the molecule is CC1=CC(=O)CC(C)(C)[C@]1(/C=C/C(C)O[C@@H]1O[C@H](COC(=O)C(F)(F)F)[C@@H](OC(=O)C(F)(F)F)[C@H](OC(=O)C(F)(F)F)[C@H]1OC(=O)C(F)(F)F)OC(=O)C(F)(F)F. The van der Waals surface area contributed by atoms with Gasteiger partial charge >= 0.3 is 60.7 Å². The summed E-state index contributed by atoms with van der Waals surface area (Å²) in [6, 6.07) is 0. The van der Waals surface area contributed by atoms with Gasteiger partial charge in [-0.15, -0.1) is 0 Å². The molecule has 28 heteroatoms. The molecule has 1 unspecified atom stereocenters. The highest BCUT2D eigenvalue weighted by molar-refractivity contribution is 5.93. The maximum absolute atomic E-state index is 13.3. The van der Waals surface area contributed by atoms with Crippen molar-refractivity contribution in [2.24, 2.45) is 5.41 Å². The molecule has 0 aromatic heterocycles. The van der Waals surface area contributed by atoms with Crippen LogP contribution in [0.4, 0.5) is 65.9 Å². The molecule has 1 heterocycles. The third-order valence-corrected chi connectivity index (χ3v) is 7.65. The highest BCUT2D eigenvalue weighted by atomic mass is 19.4. The summed E-state index contributed by atoms with van der Waals surface area (Å²) < 4.78 is 228. The Hall–Kier alpha value is -4.63. The molecule has 2 rings (SSSR count). The molecule has 0 aromatic carbocycles. The molecule has 1 saturated heterocycles. The zero-order chi connectivity index (χ0) is 44.5. The average molecular weight is 866 g/mol. The van der Waals surface area contributed by atoms with E-state index in [1.54, 1.807) is 0 Å². The van der Waals surface area contributed by atoms with Gasteiger partial charge < -0.3 is 33.2 Å². The summed E-state index contributed by atoms with van der Waals surface area (Å²) in [7, 11) is 0. The summed E-state index contributed by atoms with van der Waals surface area (Å²) in [6.07, 6.45) is -47.6. The monoisotopic (exact) mass is 866 g/mol. The Morgan fingerprint density at radius 2 is 1.14 bits per heavy atom. The molecule has 0 radical (unpaired) electrons. The molecule has 1 aliphatic carbocycles. The molecule has 1 aliphatic heterocycles. The molecule has 1 fully saturated rings. The van der Waals surface area contributed by atoms with Crippen LogP contribution >= 0.6 is 0 Å². The Morgan fingerprint density at radius 1 is 0.719 bits per heavy atom. The van der Waals surface area contributed by atoms with Crippen molar-refractivity contribution >= 4 is 35.6 Å². The summed E-state index contributed by atoms with van der Waals surface area (Å²) in [5.41, 5.74) is -4.74. The van der Waals surface area contributed by atoms with Crippen LogP contribution in [0.15, 0.2) is 23.8 Å². The van der Waals surface area contributed by atoms with Gasteiger partial charge in [-0.2, -0.15) is 65.9 Å². The number of esters is 5. The Labute approximate surface area is 307 Å². The molecule has 7 atom stereocenters.